The zero-order valence-corrected chi connectivity index (χ0v) is 21.5. The standard InChI is InChI=1S/C38H27N/c1-2-11-27(12-3-1)28-21-23-31(24-22-28)39-32-15-10-14-29(25-32)33-17-6-7-19-36(33)38-26-30-13-4-5-16-34(30)35-18-8-9-20-37(35)38/h1-26,39H. The van der Waals surface area contributed by atoms with Crippen LogP contribution in [-0.2, 0) is 0 Å². The molecule has 0 aromatic heterocycles. The zero-order chi connectivity index (χ0) is 26.0. The fourth-order valence-corrected chi connectivity index (χ4v) is 5.55. The van der Waals surface area contributed by atoms with E-state index in [0.29, 0.717) is 0 Å². The third-order valence-electron chi connectivity index (χ3n) is 7.44. The average Bonchev–Trinajstić information content (AvgIpc) is 3.02. The Kier molecular flexibility index (Phi) is 5.88. The molecule has 0 unspecified atom stereocenters. The number of hydrogen-bond donors (Lipinski definition) is 1. The van der Waals surface area contributed by atoms with Crippen LogP contribution in [0, 0.1) is 0 Å². The molecule has 184 valence electrons. The summed E-state index contributed by atoms with van der Waals surface area (Å²) < 4.78 is 0. The van der Waals surface area contributed by atoms with Gasteiger partial charge in [0, 0.05) is 11.4 Å². The van der Waals surface area contributed by atoms with E-state index in [1.165, 1.54) is 54.9 Å². The molecule has 0 saturated carbocycles. The second-order valence-electron chi connectivity index (χ2n) is 9.89. The van der Waals surface area contributed by atoms with Gasteiger partial charge >= 0.3 is 0 Å². The summed E-state index contributed by atoms with van der Waals surface area (Å²) in [6.07, 6.45) is 0. The maximum atomic E-state index is 3.61. The molecule has 0 saturated heterocycles. The molecular weight excluding hydrogens is 470 g/mol. The van der Waals surface area contributed by atoms with Gasteiger partial charge in [-0.2, -0.15) is 0 Å². The third kappa shape index (κ3) is 4.45. The van der Waals surface area contributed by atoms with Gasteiger partial charge in [0.25, 0.3) is 0 Å². The summed E-state index contributed by atoms with van der Waals surface area (Å²) in [7, 11) is 0. The minimum absolute atomic E-state index is 1.07. The summed E-state index contributed by atoms with van der Waals surface area (Å²) >= 11 is 0. The minimum atomic E-state index is 1.07. The molecule has 0 spiro atoms. The Morgan fingerprint density at radius 1 is 0.308 bits per heavy atom. The van der Waals surface area contributed by atoms with Crippen molar-refractivity contribution in [2.45, 2.75) is 0 Å². The predicted molar refractivity (Wildman–Crippen MR) is 167 cm³/mol. The number of anilines is 2. The predicted octanol–water partition coefficient (Wildman–Crippen LogP) is 10.7. The van der Waals surface area contributed by atoms with E-state index >= 15 is 0 Å². The van der Waals surface area contributed by atoms with Crippen molar-refractivity contribution in [3.05, 3.63) is 158 Å². The van der Waals surface area contributed by atoms with Crippen LogP contribution < -0.4 is 5.32 Å². The molecule has 7 rings (SSSR count). The van der Waals surface area contributed by atoms with E-state index in [2.05, 4.69) is 157 Å². The third-order valence-corrected chi connectivity index (χ3v) is 7.44. The first-order valence-electron chi connectivity index (χ1n) is 13.4. The van der Waals surface area contributed by atoms with Crippen LogP contribution in [-0.4, -0.2) is 0 Å². The summed E-state index contributed by atoms with van der Waals surface area (Å²) in [6, 6.07) is 56.3. The van der Waals surface area contributed by atoms with E-state index in [-0.39, 0.29) is 0 Å². The summed E-state index contributed by atoms with van der Waals surface area (Å²) in [6.45, 7) is 0. The first-order chi connectivity index (χ1) is 19.3. The quantitative estimate of drug-likeness (QED) is 0.233. The SMILES string of the molecule is c1ccc(-c2ccc(Nc3cccc(-c4ccccc4-c4cc5ccccc5c5ccccc45)c3)cc2)cc1. The van der Waals surface area contributed by atoms with Crippen molar-refractivity contribution < 1.29 is 0 Å². The van der Waals surface area contributed by atoms with Crippen LogP contribution in [0.5, 0.6) is 0 Å². The van der Waals surface area contributed by atoms with E-state index in [4.69, 9.17) is 0 Å². The van der Waals surface area contributed by atoms with E-state index < -0.39 is 0 Å². The van der Waals surface area contributed by atoms with Gasteiger partial charge in [-0.3, -0.25) is 0 Å². The Labute approximate surface area is 229 Å². The van der Waals surface area contributed by atoms with Gasteiger partial charge in [-0.1, -0.05) is 127 Å². The lowest BCUT2D eigenvalue weighted by molar-refractivity contribution is 1.53. The van der Waals surface area contributed by atoms with Crippen LogP contribution in [0.1, 0.15) is 0 Å². The van der Waals surface area contributed by atoms with E-state index in [1.807, 2.05) is 6.07 Å². The highest BCUT2D eigenvalue weighted by Crippen LogP contribution is 2.40. The summed E-state index contributed by atoms with van der Waals surface area (Å²) in [5.41, 5.74) is 9.49. The molecule has 1 N–H and O–H groups in total. The molecule has 0 bridgehead atoms. The van der Waals surface area contributed by atoms with Gasteiger partial charge in [0.2, 0.25) is 0 Å². The number of rotatable bonds is 5. The average molecular weight is 498 g/mol. The number of hydrogen-bond acceptors (Lipinski definition) is 1. The highest BCUT2D eigenvalue weighted by atomic mass is 14.9. The van der Waals surface area contributed by atoms with E-state index in [0.717, 1.165) is 11.4 Å². The topological polar surface area (TPSA) is 12.0 Å². The molecule has 1 heteroatoms. The molecule has 0 aliphatic rings. The normalized spacial score (nSPS) is 11.1. The van der Waals surface area contributed by atoms with Crippen LogP contribution in [0.3, 0.4) is 0 Å². The van der Waals surface area contributed by atoms with Gasteiger partial charge in [0.15, 0.2) is 0 Å². The van der Waals surface area contributed by atoms with Crippen molar-refractivity contribution in [1.82, 2.24) is 0 Å². The first kappa shape index (κ1) is 23.0. The Morgan fingerprint density at radius 2 is 0.923 bits per heavy atom. The second kappa shape index (κ2) is 9.96. The molecule has 1 nitrogen and oxygen atoms in total. The van der Waals surface area contributed by atoms with Gasteiger partial charge in [0.05, 0.1) is 0 Å². The van der Waals surface area contributed by atoms with Crippen LogP contribution in [0.25, 0.3) is 54.9 Å². The summed E-state index contributed by atoms with van der Waals surface area (Å²) in [5.74, 6) is 0. The van der Waals surface area contributed by atoms with Crippen LogP contribution in [0.2, 0.25) is 0 Å². The Balaban J connectivity index is 1.27. The van der Waals surface area contributed by atoms with Crippen molar-refractivity contribution in [1.29, 1.82) is 0 Å². The van der Waals surface area contributed by atoms with Gasteiger partial charge < -0.3 is 5.32 Å². The van der Waals surface area contributed by atoms with Gasteiger partial charge in [0.1, 0.15) is 0 Å². The van der Waals surface area contributed by atoms with Crippen molar-refractivity contribution >= 4 is 32.9 Å². The number of benzene rings is 7. The molecule has 0 atom stereocenters. The largest absolute Gasteiger partial charge is 0.356 e. The van der Waals surface area contributed by atoms with E-state index in [1.54, 1.807) is 0 Å². The maximum Gasteiger partial charge on any atom is 0.0390 e. The Hall–Kier alpha value is -5.14. The van der Waals surface area contributed by atoms with Crippen molar-refractivity contribution in [2.75, 3.05) is 5.32 Å². The molecule has 0 fully saturated rings. The molecule has 0 amide bonds. The fraction of sp³-hybridized carbons (Fsp3) is 0. The molecular formula is C38H27N. The zero-order valence-electron chi connectivity index (χ0n) is 21.5. The smallest absolute Gasteiger partial charge is 0.0390 e. The molecule has 0 aliphatic carbocycles. The van der Waals surface area contributed by atoms with Crippen molar-refractivity contribution in [3.8, 4) is 33.4 Å². The highest BCUT2D eigenvalue weighted by Gasteiger charge is 2.13. The van der Waals surface area contributed by atoms with Crippen LogP contribution in [0.4, 0.5) is 11.4 Å². The molecule has 39 heavy (non-hydrogen) atoms. The van der Waals surface area contributed by atoms with Crippen LogP contribution >= 0.6 is 0 Å². The Morgan fingerprint density at radius 3 is 1.74 bits per heavy atom. The Bertz CT molecular complexity index is 1920. The maximum absolute atomic E-state index is 3.61. The number of fused-ring (bicyclic) bond motifs is 3. The lowest BCUT2D eigenvalue weighted by atomic mass is 9.89. The molecule has 7 aromatic carbocycles. The highest BCUT2D eigenvalue weighted by molar-refractivity contribution is 6.14. The van der Waals surface area contributed by atoms with Crippen molar-refractivity contribution in [3.63, 3.8) is 0 Å². The fourth-order valence-electron chi connectivity index (χ4n) is 5.55. The molecule has 7 aromatic rings. The summed E-state index contributed by atoms with van der Waals surface area (Å²) in [5, 5.41) is 8.72. The lowest BCUT2D eigenvalue weighted by Gasteiger charge is -2.16. The van der Waals surface area contributed by atoms with Gasteiger partial charge in [-0.05, 0) is 85.3 Å². The van der Waals surface area contributed by atoms with Crippen LogP contribution in [0.15, 0.2) is 158 Å². The van der Waals surface area contributed by atoms with E-state index in [9.17, 15) is 0 Å². The summed E-state index contributed by atoms with van der Waals surface area (Å²) in [4.78, 5) is 0. The van der Waals surface area contributed by atoms with Crippen molar-refractivity contribution in [2.24, 2.45) is 0 Å². The first-order valence-corrected chi connectivity index (χ1v) is 13.4. The molecule has 0 heterocycles. The lowest BCUT2D eigenvalue weighted by Crippen LogP contribution is -1.92. The molecule has 0 aliphatic heterocycles. The van der Waals surface area contributed by atoms with Gasteiger partial charge in [-0.15, -0.1) is 0 Å². The van der Waals surface area contributed by atoms with Gasteiger partial charge in [-0.25, -0.2) is 0 Å². The minimum Gasteiger partial charge on any atom is -0.356 e. The monoisotopic (exact) mass is 497 g/mol. The second-order valence-corrected chi connectivity index (χ2v) is 9.89. The number of nitrogens with one attached hydrogen (secondary N) is 1. The molecule has 0 radical (unpaired) electrons.